The van der Waals surface area contributed by atoms with E-state index in [1.807, 2.05) is 4.90 Å². The molecule has 2 bridgehead atoms. The van der Waals surface area contributed by atoms with Gasteiger partial charge in [0.05, 0.1) is 12.6 Å². The zero-order valence-corrected chi connectivity index (χ0v) is 16.8. The van der Waals surface area contributed by atoms with Crippen LogP contribution in [0.5, 0.6) is 0 Å². The van der Waals surface area contributed by atoms with Crippen LogP contribution in [0.15, 0.2) is 0 Å². The highest BCUT2D eigenvalue weighted by atomic mass is 16.2. The molecule has 3 saturated heterocycles. The van der Waals surface area contributed by atoms with Crippen LogP contribution < -0.4 is 0 Å². The topological polar surface area (TPSA) is 60.9 Å². The van der Waals surface area contributed by atoms with E-state index in [0.29, 0.717) is 19.5 Å². The molecule has 0 unspecified atom stereocenters. The second kappa shape index (κ2) is 7.10. The van der Waals surface area contributed by atoms with Gasteiger partial charge in [0, 0.05) is 43.9 Å². The first-order chi connectivity index (χ1) is 12.9. The summed E-state index contributed by atoms with van der Waals surface area (Å²) in [6, 6.07) is 0.584. The summed E-state index contributed by atoms with van der Waals surface area (Å²) in [5.41, 5.74) is -0.0104. The van der Waals surface area contributed by atoms with Gasteiger partial charge in [-0.05, 0) is 32.1 Å². The highest BCUT2D eigenvalue weighted by Gasteiger charge is 2.60. The quantitative estimate of drug-likeness (QED) is 0.743. The number of amides is 3. The van der Waals surface area contributed by atoms with Crippen molar-refractivity contribution in [2.75, 3.05) is 19.6 Å². The van der Waals surface area contributed by atoms with Gasteiger partial charge in [-0.15, -0.1) is 0 Å². The molecule has 4 aliphatic rings. The van der Waals surface area contributed by atoms with Gasteiger partial charge in [-0.3, -0.25) is 14.4 Å². The van der Waals surface area contributed by atoms with Crippen LogP contribution in [0.1, 0.15) is 71.6 Å². The minimum atomic E-state index is -0.0104. The molecule has 6 nitrogen and oxygen atoms in total. The lowest BCUT2D eigenvalue weighted by Crippen LogP contribution is -2.57. The van der Waals surface area contributed by atoms with E-state index in [2.05, 4.69) is 11.8 Å². The predicted molar refractivity (Wildman–Crippen MR) is 102 cm³/mol. The first-order valence-electron chi connectivity index (χ1n) is 10.8. The minimum Gasteiger partial charge on any atom is -0.335 e. The molecule has 0 aromatic heterocycles. The highest BCUT2D eigenvalue weighted by Crippen LogP contribution is 2.53. The van der Waals surface area contributed by atoms with Crippen LogP contribution in [-0.2, 0) is 14.4 Å². The number of hydrogen-bond donors (Lipinski definition) is 0. The van der Waals surface area contributed by atoms with E-state index in [-0.39, 0.29) is 47.8 Å². The van der Waals surface area contributed by atoms with Crippen molar-refractivity contribution in [2.24, 2.45) is 5.41 Å². The molecule has 1 aliphatic carbocycles. The number of hydrogen-bond acceptors (Lipinski definition) is 3. The number of fused-ring (bicyclic) bond motifs is 1. The van der Waals surface area contributed by atoms with Crippen LogP contribution in [-0.4, -0.2) is 70.2 Å². The average Bonchev–Trinajstić information content (AvgIpc) is 2.78. The Morgan fingerprint density at radius 1 is 1.07 bits per heavy atom. The molecule has 0 radical (unpaired) electrons. The molecule has 3 heterocycles. The normalized spacial score (nSPS) is 36.4. The lowest BCUT2D eigenvalue weighted by molar-refractivity contribution is -0.145. The van der Waals surface area contributed by atoms with Crippen LogP contribution in [0.25, 0.3) is 0 Å². The lowest BCUT2D eigenvalue weighted by atomic mass is 9.71. The molecule has 6 heteroatoms. The minimum absolute atomic E-state index is 0.0104. The second-order valence-corrected chi connectivity index (χ2v) is 9.28. The number of piperidine rings is 1. The number of nitrogens with zero attached hydrogens (tertiary/aromatic N) is 3. The summed E-state index contributed by atoms with van der Waals surface area (Å²) in [6.07, 6.45) is 8.87. The maximum atomic E-state index is 13.3. The maximum Gasteiger partial charge on any atom is 0.242 e. The molecule has 3 aliphatic heterocycles. The smallest absolute Gasteiger partial charge is 0.242 e. The third-order valence-corrected chi connectivity index (χ3v) is 7.60. The van der Waals surface area contributed by atoms with Crippen molar-refractivity contribution >= 4 is 17.7 Å². The molecule has 4 rings (SSSR count). The van der Waals surface area contributed by atoms with Crippen molar-refractivity contribution < 1.29 is 14.4 Å². The van der Waals surface area contributed by atoms with E-state index < -0.39 is 0 Å². The molecule has 4 fully saturated rings. The molecule has 1 saturated carbocycles. The zero-order chi connectivity index (χ0) is 19.2. The largest absolute Gasteiger partial charge is 0.335 e. The summed E-state index contributed by atoms with van der Waals surface area (Å²) < 4.78 is 0. The predicted octanol–water partition coefficient (Wildman–Crippen LogP) is 2.17. The van der Waals surface area contributed by atoms with E-state index >= 15 is 0 Å². The van der Waals surface area contributed by atoms with E-state index in [1.54, 1.807) is 11.8 Å². The van der Waals surface area contributed by atoms with E-state index in [1.165, 1.54) is 0 Å². The number of carbonyl (C=O) groups is 3. The SMILES string of the molecule is CC(=O)N1[C@@H]2CN(C(=O)CN3CCCCCC3=O)[C@@H]3CCCC[C@H]1[C@]3(C)C2. The summed E-state index contributed by atoms with van der Waals surface area (Å²) in [5, 5.41) is 0. The summed E-state index contributed by atoms with van der Waals surface area (Å²) in [5.74, 6) is 0.347. The third-order valence-electron chi connectivity index (χ3n) is 7.60. The lowest BCUT2D eigenvalue weighted by Gasteiger charge is -2.46. The van der Waals surface area contributed by atoms with Crippen LogP contribution >= 0.6 is 0 Å². The average molecular weight is 376 g/mol. The van der Waals surface area contributed by atoms with Gasteiger partial charge in [0.25, 0.3) is 0 Å². The fraction of sp³-hybridized carbons (Fsp3) is 0.857. The van der Waals surface area contributed by atoms with Gasteiger partial charge in [-0.1, -0.05) is 26.2 Å². The Hall–Kier alpha value is -1.59. The summed E-state index contributed by atoms with van der Waals surface area (Å²) >= 11 is 0. The third kappa shape index (κ3) is 3.15. The number of carbonyl (C=O) groups excluding carboxylic acids is 3. The Morgan fingerprint density at radius 3 is 2.56 bits per heavy atom. The molecule has 150 valence electrons. The van der Waals surface area contributed by atoms with Crippen molar-refractivity contribution in [3.05, 3.63) is 0 Å². The van der Waals surface area contributed by atoms with Crippen LogP contribution in [0.2, 0.25) is 0 Å². The van der Waals surface area contributed by atoms with Gasteiger partial charge in [-0.25, -0.2) is 0 Å². The molecule has 27 heavy (non-hydrogen) atoms. The van der Waals surface area contributed by atoms with Crippen molar-refractivity contribution in [2.45, 2.75) is 89.8 Å². The Morgan fingerprint density at radius 2 is 1.81 bits per heavy atom. The summed E-state index contributed by atoms with van der Waals surface area (Å²) in [6.45, 7) is 5.51. The standard InChI is InChI=1S/C21H33N3O3/c1-15(25)24-16-12-21(2)17(8-5-6-9-18(21)24)23(13-16)20(27)14-22-11-7-3-4-10-19(22)26/h16-18H,3-14H2,1-2H3/t16-,17+,18-,21+/m0/s1. The molecule has 4 atom stereocenters. The first-order valence-corrected chi connectivity index (χ1v) is 10.8. The molecule has 0 N–H and O–H groups in total. The van der Waals surface area contributed by atoms with Gasteiger partial charge in [0.15, 0.2) is 0 Å². The highest BCUT2D eigenvalue weighted by molar-refractivity contribution is 5.85. The van der Waals surface area contributed by atoms with Crippen molar-refractivity contribution in [3.8, 4) is 0 Å². The maximum absolute atomic E-state index is 13.3. The molecular formula is C21H33N3O3. The molecule has 0 spiro atoms. The van der Waals surface area contributed by atoms with Gasteiger partial charge in [-0.2, -0.15) is 0 Å². The fourth-order valence-corrected chi connectivity index (χ4v) is 6.38. The first kappa shape index (κ1) is 18.8. The zero-order valence-electron chi connectivity index (χ0n) is 16.8. The van der Waals surface area contributed by atoms with E-state index in [0.717, 1.165) is 51.4 Å². The Bertz CT molecular complexity index is 636. The summed E-state index contributed by atoms with van der Waals surface area (Å²) in [4.78, 5) is 43.9. The van der Waals surface area contributed by atoms with Gasteiger partial charge in [0.2, 0.25) is 17.7 Å². The fourth-order valence-electron chi connectivity index (χ4n) is 6.38. The van der Waals surface area contributed by atoms with E-state index in [9.17, 15) is 14.4 Å². The molecular weight excluding hydrogens is 342 g/mol. The van der Waals surface area contributed by atoms with Crippen LogP contribution in [0.3, 0.4) is 0 Å². The van der Waals surface area contributed by atoms with Crippen molar-refractivity contribution in [3.63, 3.8) is 0 Å². The second-order valence-electron chi connectivity index (χ2n) is 9.28. The van der Waals surface area contributed by atoms with Gasteiger partial charge in [0.1, 0.15) is 0 Å². The Kier molecular flexibility index (Phi) is 4.93. The Labute approximate surface area is 162 Å². The summed E-state index contributed by atoms with van der Waals surface area (Å²) in [7, 11) is 0. The van der Waals surface area contributed by atoms with Crippen LogP contribution in [0, 0.1) is 5.41 Å². The van der Waals surface area contributed by atoms with Crippen LogP contribution in [0.4, 0.5) is 0 Å². The van der Waals surface area contributed by atoms with Gasteiger partial charge < -0.3 is 14.7 Å². The number of rotatable bonds is 2. The van der Waals surface area contributed by atoms with E-state index in [4.69, 9.17) is 0 Å². The van der Waals surface area contributed by atoms with Crippen molar-refractivity contribution in [1.82, 2.24) is 14.7 Å². The van der Waals surface area contributed by atoms with Crippen molar-refractivity contribution in [1.29, 1.82) is 0 Å². The monoisotopic (exact) mass is 375 g/mol. The molecule has 0 aromatic rings. The molecule has 0 aromatic carbocycles. The van der Waals surface area contributed by atoms with Gasteiger partial charge >= 0.3 is 0 Å². The number of likely N-dealkylation sites (tertiary alicyclic amines) is 3. The molecule has 3 amide bonds. The Balaban J connectivity index is 1.57.